The third kappa shape index (κ3) is 7.96. The first-order valence-electron chi connectivity index (χ1n) is 14.3. The highest BCUT2D eigenvalue weighted by molar-refractivity contribution is 8.26. The number of hydrogen-bond donors (Lipinski definition) is 2. The van der Waals surface area contributed by atoms with E-state index in [2.05, 4.69) is 10.2 Å². The van der Waals surface area contributed by atoms with E-state index in [9.17, 15) is 24.4 Å². The van der Waals surface area contributed by atoms with E-state index in [1.807, 2.05) is 33.8 Å². The third-order valence-corrected chi connectivity index (χ3v) is 12.1. The predicted octanol–water partition coefficient (Wildman–Crippen LogP) is 7.34. The molecule has 2 heterocycles. The molecule has 0 bridgehead atoms. The lowest BCUT2D eigenvalue weighted by atomic mass is 10.00. The molecule has 10 nitrogen and oxygen atoms in total. The van der Waals surface area contributed by atoms with Gasteiger partial charge in [0.2, 0.25) is 0 Å². The van der Waals surface area contributed by atoms with Gasteiger partial charge in [-0.2, -0.15) is 5.26 Å². The van der Waals surface area contributed by atoms with Crippen LogP contribution in [0, 0.1) is 29.7 Å². The summed E-state index contributed by atoms with van der Waals surface area (Å²) in [7, 11) is 0. The zero-order chi connectivity index (χ0) is 32.4. The number of ether oxygens (including phenoxy) is 2. The Bertz CT molecular complexity index is 1400. The molecule has 0 aliphatic carbocycles. The Balaban J connectivity index is 2.28. The maximum atomic E-state index is 13.5. The number of amides is 2. The molecule has 234 valence electrons. The van der Waals surface area contributed by atoms with Crippen molar-refractivity contribution in [2.24, 2.45) is 17.6 Å². The molecule has 3 N–H and O–H groups in total. The van der Waals surface area contributed by atoms with Crippen molar-refractivity contribution in [2.75, 3.05) is 0 Å². The fourth-order valence-electron chi connectivity index (χ4n) is 4.43. The minimum atomic E-state index is -0.910. The molecule has 2 amide bonds. The summed E-state index contributed by atoms with van der Waals surface area (Å²) >= 11 is 4.32. The number of nitrogens with two attached hydrogens (primary N) is 1. The molecule has 0 radical (unpaired) electrons. The number of hydrogen-bond acceptors (Lipinski definition) is 11. The molecular formula is C30H34N4O6S4. The molecule has 0 saturated carbocycles. The van der Waals surface area contributed by atoms with E-state index >= 15 is 0 Å². The number of rotatable bonds is 15. The van der Waals surface area contributed by atoms with Gasteiger partial charge in [-0.3, -0.25) is 24.5 Å². The van der Waals surface area contributed by atoms with Crippen LogP contribution in [-0.4, -0.2) is 24.3 Å². The molecule has 2 aliphatic heterocycles. The number of benzene rings is 1. The quantitative estimate of drug-likeness (QED) is 0.0480. The minimum absolute atomic E-state index is 0.0222. The Morgan fingerprint density at radius 1 is 0.886 bits per heavy atom. The second kappa shape index (κ2) is 16.9. The Morgan fingerprint density at radius 3 is 1.64 bits per heavy atom. The third-order valence-electron chi connectivity index (χ3n) is 6.95. The lowest BCUT2D eigenvalue weighted by Crippen LogP contribution is -2.22. The molecule has 0 saturated heterocycles. The summed E-state index contributed by atoms with van der Waals surface area (Å²) in [5.74, 6) is -2.15. The van der Waals surface area contributed by atoms with Crippen molar-refractivity contribution in [1.82, 2.24) is 5.32 Å². The Kier molecular flexibility index (Phi) is 13.6. The van der Waals surface area contributed by atoms with Gasteiger partial charge in [0.25, 0.3) is 18.1 Å². The van der Waals surface area contributed by atoms with Gasteiger partial charge < -0.3 is 20.1 Å². The number of nitriles is 1. The number of primary amides is 1. The second-order valence-corrected chi connectivity index (χ2v) is 14.5. The largest absolute Gasteiger partial charge is 0.424 e. The highest BCUT2D eigenvalue weighted by atomic mass is 32.2. The topological polar surface area (TPSA) is 153 Å². The Hall–Kier alpha value is -3.04. The maximum absolute atomic E-state index is 13.5. The van der Waals surface area contributed by atoms with Crippen molar-refractivity contribution in [3.8, 4) is 17.6 Å². The van der Waals surface area contributed by atoms with Crippen LogP contribution in [0.25, 0.3) is 4.85 Å². The molecule has 0 spiro atoms. The summed E-state index contributed by atoms with van der Waals surface area (Å²) in [4.78, 5) is 55.5. The fourth-order valence-corrected chi connectivity index (χ4v) is 9.72. The van der Waals surface area contributed by atoms with Gasteiger partial charge in [-0.15, -0.1) is 0 Å². The van der Waals surface area contributed by atoms with Crippen molar-refractivity contribution in [1.29, 1.82) is 5.26 Å². The van der Waals surface area contributed by atoms with Gasteiger partial charge >= 0.3 is 11.9 Å². The van der Waals surface area contributed by atoms with Crippen LogP contribution in [0.15, 0.2) is 39.5 Å². The summed E-state index contributed by atoms with van der Waals surface area (Å²) in [6.07, 6.45) is 6.37. The van der Waals surface area contributed by atoms with E-state index in [0.29, 0.717) is 55.9 Å². The zero-order valence-corrected chi connectivity index (χ0v) is 28.2. The number of nitrogens with zero attached hydrogens (tertiary/aromatic N) is 2. The summed E-state index contributed by atoms with van der Waals surface area (Å²) in [5.41, 5.74) is 5.24. The number of unbranched alkanes of at least 4 members (excludes halogenated alkanes) is 2. The molecule has 3 rings (SSSR count). The van der Waals surface area contributed by atoms with Crippen LogP contribution in [-0.2, 0) is 19.2 Å². The van der Waals surface area contributed by atoms with Crippen LogP contribution in [0.3, 0.4) is 0 Å². The molecule has 2 unspecified atom stereocenters. The molecule has 2 aliphatic rings. The number of nitrogens with one attached hydrogen (secondary N) is 1. The van der Waals surface area contributed by atoms with Crippen molar-refractivity contribution in [2.45, 2.75) is 98.6 Å². The average molecular weight is 675 g/mol. The van der Waals surface area contributed by atoms with Gasteiger partial charge in [0, 0.05) is 0 Å². The van der Waals surface area contributed by atoms with Crippen molar-refractivity contribution < 1.29 is 28.7 Å². The van der Waals surface area contributed by atoms with Gasteiger partial charge in [-0.25, -0.2) is 0 Å². The molecule has 1 aromatic rings. The monoisotopic (exact) mass is 674 g/mol. The first kappa shape index (κ1) is 35.4. The second-order valence-electron chi connectivity index (χ2n) is 9.87. The highest BCUT2D eigenvalue weighted by Gasteiger charge is 2.41. The van der Waals surface area contributed by atoms with Gasteiger partial charge in [0.1, 0.15) is 11.6 Å². The van der Waals surface area contributed by atoms with Crippen LogP contribution in [0.5, 0.6) is 11.5 Å². The van der Waals surface area contributed by atoms with Crippen LogP contribution in [0.2, 0.25) is 0 Å². The summed E-state index contributed by atoms with van der Waals surface area (Å²) in [6.45, 7) is 15.5. The van der Waals surface area contributed by atoms with Gasteiger partial charge in [0.15, 0.2) is 11.5 Å². The smallest absolute Gasteiger partial charge is 0.314 e. The molecule has 1 aromatic carbocycles. The van der Waals surface area contributed by atoms with Gasteiger partial charge in [-0.05, 0) is 25.7 Å². The number of carbonyl (C=O) groups excluding carboxylic acids is 4. The van der Waals surface area contributed by atoms with E-state index in [1.54, 1.807) is 0 Å². The van der Waals surface area contributed by atoms with Crippen LogP contribution in [0.4, 0.5) is 0 Å². The molecule has 0 aromatic heterocycles. The average Bonchev–Trinajstić information content (AvgIpc) is 3.64. The predicted molar refractivity (Wildman–Crippen MR) is 172 cm³/mol. The standard InChI is InChI=1S/C30H34N4O6S4/c1-6-10-12-16(8-3)27(37)39-19-21-22(42-29(41-21)18(14-31)25(32)36)20(40-28(38)17(9-4)13-11-7-2)24-23(19)43-30(44-24)26(33-5)34-15-35/h15-17H,6-13H2,1-4H3,(H2,32,36)(H,34,35). The van der Waals surface area contributed by atoms with E-state index in [0.717, 1.165) is 72.7 Å². The van der Waals surface area contributed by atoms with E-state index in [4.69, 9.17) is 21.8 Å². The number of fused-ring (bicyclic) bond motifs is 2. The maximum Gasteiger partial charge on any atom is 0.314 e. The summed E-state index contributed by atoms with van der Waals surface area (Å²) in [5, 5.41) is 12.1. The lowest BCUT2D eigenvalue weighted by molar-refractivity contribution is -0.141. The van der Waals surface area contributed by atoms with Gasteiger partial charge in [0.05, 0.1) is 39.9 Å². The van der Waals surface area contributed by atoms with E-state index in [-0.39, 0.29) is 39.0 Å². The van der Waals surface area contributed by atoms with Crippen molar-refractivity contribution in [3.05, 3.63) is 31.3 Å². The summed E-state index contributed by atoms with van der Waals surface area (Å²) in [6, 6.07) is 1.86. The zero-order valence-electron chi connectivity index (χ0n) is 24.9. The van der Waals surface area contributed by atoms with Crippen molar-refractivity contribution in [3.63, 3.8) is 0 Å². The van der Waals surface area contributed by atoms with E-state index < -0.39 is 17.8 Å². The molecule has 0 fully saturated rings. The molecule has 44 heavy (non-hydrogen) atoms. The molecule has 2 atom stereocenters. The fraction of sp³-hybridized carbons (Fsp3) is 0.467. The van der Waals surface area contributed by atoms with Crippen LogP contribution >= 0.6 is 47.0 Å². The first-order chi connectivity index (χ1) is 21.2. The Labute approximate surface area is 274 Å². The van der Waals surface area contributed by atoms with E-state index in [1.165, 1.54) is 0 Å². The van der Waals surface area contributed by atoms with Crippen LogP contribution in [0.1, 0.15) is 79.1 Å². The number of thioether (sulfide) groups is 4. The first-order valence-corrected chi connectivity index (χ1v) is 17.6. The number of carbonyl (C=O) groups is 4. The highest BCUT2D eigenvalue weighted by Crippen LogP contribution is 2.68. The van der Waals surface area contributed by atoms with Gasteiger partial charge in [-0.1, -0.05) is 107 Å². The van der Waals surface area contributed by atoms with Crippen molar-refractivity contribution >= 4 is 71.3 Å². The number of esters is 2. The summed E-state index contributed by atoms with van der Waals surface area (Å²) < 4.78 is 12.9. The minimum Gasteiger partial charge on any atom is -0.424 e. The molecule has 14 heteroatoms. The van der Waals surface area contributed by atoms with Crippen LogP contribution < -0.4 is 20.5 Å². The molecular weight excluding hydrogens is 641 g/mol. The lowest BCUT2D eigenvalue weighted by Gasteiger charge is -2.20. The Morgan fingerprint density at radius 2 is 1.32 bits per heavy atom. The normalized spacial score (nSPS) is 14.4. The SMILES string of the molecule is [C-]#[N+]C(NC=O)=C1Sc2c(OC(=O)C(CC)CCCC)c3c(c(OC(=O)C(CC)CCCC)c2S1)SC(=C(C#N)C(N)=O)S3.